The zero-order valence-corrected chi connectivity index (χ0v) is 16.1. The lowest BCUT2D eigenvalue weighted by molar-refractivity contribution is 0.103. The van der Waals surface area contributed by atoms with E-state index in [0.717, 1.165) is 17.1 Å². The summed E-state index contributed by atoms with van der Waals surface area (Å²) in [5.74, 6) is 1.23. The van der Waals surface area contributed by atoms with Crippen LogP contribution in [0.4, 0.5) is 5.69 Å². The average molecular weight is 408 g/mol. The molecule has 3 rings (SSSR count). The van der Waals surface area contributed by atoms with Gasteiger partial charge in [-0.1, -0.05) is 29.3 Å². The largest absolute Gasteiger partial charge is 0.497 e. The number of anilines is 1. The van der Waals surface area contributed by atoms with Gasteiger partial charge in [-0.15, -0.1) is 11.3 Å². The van der Waals surface area contributed by atoms with Crippen molar-refractivity contribution in [3.8, 4) is 11.5 Å². The monoisotopic (exact) mass is 407 g/mol. The van der Waals surface area contributed by atoms with Gasteiger partial charge in [0.25, 0.3) is 5.91 Å². The summed E-state index contributed by atoms with van der Waals surface area (Å²) in [5.41, 5.74) is 1.31. The van der Waals surface area contributed by atoms with Gasteiger partial charge >= 0.3 is 0 Å². The van der Waals surface area contributed by atoms with Crippen LogP contribution in [0.15, 0.2) is 53.9 Å². The molecule has 0 aliphatic carbocycles. The number of ether oxygens (including phenoxy) is 2. The van der Waals surface area contributed by atoms with Gasteiger partial charge in [0.2, 0.25) is 0 Å². The highest BCUT2D eigenvalue weighted by atomic mass is 35.5. The summed E-state index contributed by atoms with van der Waals surface area (Å²) in [4.78, 5) is 13.0. The molecule has 2 aromatic carbocycles. The maximum absolute atomic E-state index is 12.4. The third-order valence-corrected chi connectivity index (χ3v) is 5.15. The zero-order valence-electron chi connectivity index (χ0n) is 13.8. The number of carbonyl (C=O) groups is 1. The maximum Gasteiger partial charge on any atom is 0.265 e. The van der Waals surface area contributed by atoms with Gasteiger partial charge in [0.1, 0.15) is 18.1 Å². The molecular formula is C19H15Cl2NO3S. The van der Waals surface area contributed by atoms with Crippen LogP contribution in [-0.4, -0.2) is 13.0 Å². The molecule has 0 spiro atoms. The van der Waals surface area contributed by atoms with E-state index in [-0.39, 0.29) is 5.91 Å². The number of benzene rings is 2. The average Bonchev–Trinajstić information content (AvgIpc) is 3.12. The van der Waals surface area contributed by atoms with Crippen molar-refractivity contribution in [2.75, 3.05) is 12.4 Å². The van der Waals surface area contributed by atoms with E-state index in [1.165, 1.54) is 11.3 Å². The summed E-state index contributed by atoms with van der Waals surface area (Å²) in [5, 5.41) is 5.42. The van der Waals surface area contributed by atoms with Gasteiger partial charge in [0, 0.05) is 5.56 Å². The van der Waals surface area contributed by atoms with E-state index in [9.17, 15) is 4.79 Å². The van der Waals surface area contributed by atoms with Crippen molar-refractivity contribution in [3.63, 3.8) is 0 Å². The minimum atomic E-state index is -0.263. The highest BCUT2D eigenvalue weighted by molar-refractivity contribution is 7.12. The van der Waals surface area contributed by atoms with E-state index in [4.69, 9.17) is 32.7 Å². The second-order valence-electron chi connectivity index (χ2n) is 5.33. The molecule has 0 aliphatic rings. The number of hydrogen-bond donors (Lipinski definition) is 1. The molecular weight excluding hydrogens is 393 g/mol. The van der Waals surface area contributed by atoms with E-state index in [0.29, 0.717) is 27.2 Å². The van der Waals surface area contributed by atoms with Crippen LogP contribution in [0.1, 0.15) is 15.2 Å². The smallest absolute Gasteiger partial charge is 0.265 e. The fraction of sp³-hybridized carbons (Fsp3) is 0.105. The first-order valence-corrected chi connectivity index (χ1v) is 9.30. The Morgan fingerprint density at radius 1 is 1.08 bits per heavy atom. The Labute approximate surface area is 165 Å². The first-order chi connectivity index (χ1) is 12.6. The lowest BCUT2D eigenvalue weighted by atomic mass is 10.3. The molecule has 1 aromatic heterocycles. The molecule has 26 heavy (non-hydrogen) atoms. The van der Waals surface area contributed by atoms with Crippen LogP contribution in [0.25, 0.3) is 0 Å². The van der Waals surface area contributed by atoms with Crippen LogP contribution < -0.4 is 14.8 Å². The predicted octanol–water partition coefficient (Wildman–Crippen LogP) is 5.89. The van der Waals surface area contributed by atoms with Crippen molar-refractivity contribution in [2.24, 2.45) is 0 Å². The summed E-state index contributed by atoms with van der Waals surface area (Å²) in [6.07, 6.45) is 0. The Kier molecular flexibility index (Phi) is 6.04. The lowest BCUT2D eigenvalue weighted by Gasteiger charge is -2.08. The summed E-state index contributed by atoms with van der Waals surface area (Å²) in [7, 11) is 1.61. The first-order valence-electron chi connectivity index (χ1n) is 7.66. The van der Waals surface area contributed by atoms with Crippen molar-refractivity contribution in [2.45, 2.75) is 6.61 Å². The molecule has 0 saturated heterocycles. The molecule has 134 valence electrons. The predicted molar refractivity (Wildman–Crippen MR) is 106 cm³/mol. The second-order valence-corrected chi connectivity index (χ2v) is 7.06. The molecule has 4 nitrogen and oxygen atoms in total. The number of thiophene rings is 1. The van der Waals surface area contributed by atoms with Gasteiger partial charge in [-0.3, -0.25) is 4.79 Å². The first kappa shape index (κ1) is 18.6. The number of nitrogens with one attached hydrogen (secondary N) is 1. The van der Waals surface area contributed by atoms with Crippen LogP contribution in [-0.2, 0) is 6.61 Å². The molecule has 0 aliphatic heterocycles. The van der Waals surface area contributed by atoms with Crippen molar-refractivity contribution in [1.82, 2.24) is 0 Å². The Morgan fingerprint density at radius 2 is 1.73 bits per heavy atom. The summed E-state index contributed by atoms with van der Waals surface area (Å²) >= 11 is 13.5. The molecule has 1 N–H and O–H groups in total. The van der Waals surface area contributed by atoms with Crippen LogP contribution in [0.5, 0.6) is 11.5 Å². The third-order valence-electron chi connectivity index (χ3n) is 3.54. The fourth-order valence-corrected chi connectivity index (χ4v) is 3.49. The number of halogens is 2. The number of methoxy groups -OCH3 is 1. The number of rotatable bonds is 6. The number of amides is 1. The maximum atomic E-state index is 12.4. The van der Waals surface area contributed by atoms with Gasteiger partial charge < -0.3 is 14.8 Å². The molecule has 0 radical (unpaired) electrons. The standard InChI is InChI=1S/C19H15Cl2NO3S/c1-24-13-5-7-14(8-6-13)25-10-12-9-17(26-11-12)19(23)22-18-15(20)3-2-4-16(18)21/h2-9,11H,10H2,1H3,(H,22,23). The Balaban J connectivity index is 1.62. The van der Waals surface area contributed by atoms with Crippen molar-refractivity contribution in [1.29, 1.82) is 0 Å². The molecule has 1 heterocycles. The number of para-hydroxylation sites is 1. The van der Waals surface area contributed by atoms with Gasteiger partial charge in [-0.25, -0.2) is 0 Å². The van der Waals surface area contributed by atoms with Crippen LogP contribution in [0, 0.1) is 0 Å². The van der Waals surface area contributed by atoms with E-state index < -0.39 is 0 Å². The normalized spacial score (nSPS) is 10.4. The van der Waals surface area contributed by atoms with E-state index in [2.05, 4.69) is 5.32 Å². The Hall–Kier alpha value is -2.21. The van der Waals surface area contributed by atoms with Crippen molar-refractivity contribution < 1.29 is 14.3 Å². The molecule has 7 heteroatoms. The highest BCUT2D eigenvalue weighted by Crippen LogP contribution is 2.30. The van der Waals surface area contributed by atoms with Crippen molar-refractivity contribution >= 4 is 46.1 Å². The summed E-state index contributed by atoms with van der Waals surface area (Å²) in [6.45, 7) is 0.364. The van der Waals surface area contributed by atoms with Gasteiger partial charge in [0.05, 0.1) is 27.7 Å². The molecule has 0 saturated carbocycles. The number of hydrogen-bond acceptors (Lipinski definition) is 4. The second kappa shape index (κ2) is 8.45. The third kappa shape index (κ3) is 4.49. The van der Waals surface area contributed by atoms with Gasteiger partial charge in [-0.05, 0) is 47.8 Å². The SMILES string of the molecule is COc1ccc(OCc2csc(C(=O)Nc3c(Cl)cccc3Cl)c2)cc1. The van der Waals surface area contributed by atoms with E-state index in [1.807, 2.05) is 29.6 Å². The van der Waals surface area contributed by atoms with E-state index >= 15 is 0 Å². The molecule has 1 amide bonds. The van der Waals surface area contributed by atoms with Crippen LogP contribution in [0.3, 0.4) is 0 Å². The van der Waals surface area contributed by atoms with Crippen LogP contribution in [0.2, 0.25) is 10.0 Å². The Morgan fingerprint density at radius 3 is 2.38 bits per heavy atom. The minimum Gasteiger partial charge on any atom is -0.497 e. The topological polar surface area (TPSA) is 47.6 Å². The zero-order chi connectivity index (χ0) is 18.5. The lowest BCUT2D eigenvalue weighted by Crippen LogP contribution is -2.11. The summed E-state index contributed by atoms with van der Waals surface area (Å²) in [6, 6.07) is 14.2. The van der Waals surface area contributed by atoms with Gasteiger partial charge in [0.15, 0.2) is 0 Å². The van der Waals surface area contributed by atoms with Gasteiger partial charge in [-0.2, -0.15) is 0 Å². The molecule has 0 unspecified atom stereocenters. The summed E-state index contributed by atoms with van der Waals surface area (Å²) < 4.78 is 10.8. The number of carbonyl (C=O) groups excluding carboxylic acids is 1. The molecule has 3 aromatic rings. The van der Waals surface area contributed by atoms with Crippen molar-refractivity contribution in [3.05, 3.63) is 74.4 Å². The van der Waals surface area contributed by atoms with Crippen LogP contribution >= 0.6 is 34.5 Å². The highest BCUT2D eigenvalue weighted by Gasteiger charge is 2.13. The Bertz CT molecular complexity index is 889. The fourth-order valence-electron chi connectivity index (χ4n) is 2.20. The molecule has 0 fully saturated rings. The van der Waals surface area contributed by atoms with E-state index in [1.54, 1.807) is 31.4 Å². The molecule has 0 atom stereocenters. The molecule has 0 bridgehead atoms. The quantitative estimate of drug-likeness (QED) is 0.553. The minimum absolute atomic E-state index is 0.263.